The molecule has 0 saturated carbocycles. The molecule has 0 aliphatic carbocycles. The molecular weight excluding hydrogens is 744 g/mol. The van der Waals surface area contributed by atoms with Gasteiger partial charge in [0.1, 0.15) is 13.2 Å². The van der Waals surface area contributed by atoms with E-state index in [0.717, 1.165) is 38.5 Å². The molecule has 0 aromatic carbocycles. The summed E-state index contributed by atoms with van der Waals surface area (Å²) in [6, 6.07) is -0.799. The molecule has 9 heteroatoms. The van der Waals surface area contributed by atoms with E-state index in [0.29, 0.717) is 23.9 Å². The Labute approximate surface area is 361 Å². The number of quaternary nitrogens is 1. The van der Waals surface area contributed by atoms with Crippen molar-refractivity contribution in [1.82, 2.24) is 5.32 Å². The Morgan fingerprint density at radius 1 is 0.586 bits per heavy atom. The zero-order valence-electron chi connectivity index (χ0n) is 39.3. The molecule has 0 rings (SSSR count). The Hall–Kier alpha value is -0.760. The third kappa shape index (κ3) is 43.3. The van der Waals surface area contributed by atoms with Gasteiger partial charge in [0.25, 0.3) is 7.82 Å². The Balaban J connectivity index is 4.25. The first kappa shape index (κ1) is 57.2. The lowest BCUT2D eigenvalue weighted by atomic mass is 10.0. The fourth-order valence-electron chi connectivity index (χ4n) is 7.51. The number of phosphoric ester groups is 1. The van der Waals surface area contributed by atoms with Crippen LogP contribution in [0, 0.1) is 0 Å². The number of rotatable bonds is 46. The molecule has 0 saturated heterocycles. The van der Waals surface area contributed by atoms with E-state index in [1.165, 1.54) is 180 Å². The van der Waals surface area contributed by atoms with Gasteiger partial charge in [0.05, 0.1) is 39.9 Å². The number of carbonyl (C=O) groups is 1. The number of likely N-dealkylation sites (N-methyl/N-ethyl adjacent to an activating group) is 1. The first-order chi connectivity index (χ1) is 28.0. The Bertz CT molecular complexity index is 958. The highest BCUT2D eigenvalue weighted by molar-refractivity contribution is 7.45. The number of aliphatic hydroxyl groups is 1. The summed E-state index contributed by atoms with van der Waals surface area (Å²) >= 11 is 0. The normalized spacial score (nSPS) is 14.3. The molecule has 3 unspecified atom stereocenters. The van der Waals surface area contributed by atoms with Crippen molar-refractivity contribution >= 4 is 13.7 Å². The van der Waals surface area contributed by atoms with Gasteiger partial charge in [0.15, 0.2) is 0 Å². The summed E-state index contributed by atoms with van der Waals surface area (Å²) in [6.45, 7) is 4.74. The lowest BCUT2D eigenvalue weighted by Gasteiger charge is -2.30. The number of allylic oxidation sites excluding steroid dienone is 2. The Morgan fingerprint density at radius 2 is 0.948 bits per heavy atom. The second-order valence-corrected chi connectivity index (χ2v) is 19.9. The molecule has 0 bridgehead atoms. The zero-order valence-corrected chi connectivity index (χ0v) is 40.2. The highest BCUT2D eigenvalue weighted by atomic mass is 31.2. The summed E-state index contributed by atoms with van der Waals surface area (Å²) in [7, 11) is 1.31. The number of unbranched alkanes of at least 4 members (excludes halogenated alkanes) is 31. The molecule has 58 heavy (non-hydrogen) atoms. The number of hydrogen-bond donors (Lipinski definition) is 2. The van der Waals surface area contributed by atoms with Crippen LogP contribution >= 0.6 is 7.82 Å². The topological polar surface area (TPSA) is 108 Å². The maximum atomic E-state index is 12.9. The maximum absolute atomic E-state index is 12.9. The van der Waals surface area contributed by atoms with Crippen molar-refractivity contribution in [3.8, 4) is 0 Å². The monoisotopic (exact) mass is 843 g/mol. The molecule has 0 spiro atoms. The van der Waals surface area contributed by atoms with Crippen LogP contribution in [0.4, 0.5) is 0 Å². The fraction of sp³-hybridized carbons (Fsp3) is 0.939. The van der Waals surface area contributed by atoms with E-state index in [9.17, 15) is 19.4 Å². The third-order valence-electron chi connectivity index (χ3n) is 11.5. The molecule has 3 atom stereocenters. The van der Waals surface area contributed by atoms with Crippen LogP contribution in [0.2, 0.25) is 0 Å². The van der Waals surface area contributed by atoms with E-state index in [4.69, 9.17) is 9.05 Å². The van der Waals surface area contributed by atoms with Crippen LogP contribution in [0.25, 0.3) is 0 Å². The molecule has 0 aromatic rings. The van der Waals surface area contributed by atoms with Crippen molar-refractivity contribution in [1.29, 1.82) is 0 Å². The highest BCUT2D eigenvalue weighted by Gasteiger charge is 2.24. The molecule has 0 aromatic heterocycles. The first-order valence-electron chi connectivity index (χ1n) is 25.0. The van der Waals surface area contributed by atoms with Gasteiger partial charge in [0, 0.05) is 6.42 Å². The number of carbonyl (C=O) groups excluding carboxylic acids is 1. The minimum absolute atomic E-state index is 0.0134. The Morgan fingerprint density at radius 3 is 1.34 bits per heavy atom. The second kappa shape index (κ2) is 41.6. The van der Waals surface area contributed by atoms with Crippen molar-refractivity contribution in [3.05, 3.63) is 12.2 Å². The van der Waals surface area contributed by atoms with E-state index in [2.05, 4.69) is 31.3 Å². The van der Waals surface area contributed by atoms with Gasteiger partial charge in [-0.05, 0) is 38.5 Å². The van der Waals surface area contributed by atoms with Crippen molar-refractivity contribution in [2.24, 2.45) is 0 Å². The predicted octanol–water partition coefficient (Wildman–Crippen LogP) is 13.7. The molecular formula is C49H99N2O6P. The van der Waals surface area contributed by atoms with Gasteiger partial charge >= 0.3 is 0 Å². The number of hydrogen-bond acceptors (Lipinski definition) is 6. The van der Waals surface area contributed by atoms with Gasteiger partial charge in [-0.2, -0.15) is 0 Å². The molecule has 2 N–H and O–H groups in total. The quantitative estimate of drug-likeness (QED) is 0.0273. The molecule has 0 aliphatic heterocycles. The summed E-state index contributed by atoms with van der Waals surface area (Å²) in [4.78, 5) is 25.4. The average Bonchev–Trinajstić information content (AvgIpc) is 3.17. The summed E-state index contributed by atoms with van der Waals surface area (Å²) < 4.78 is 23.3. The van der Waals surface area contributed by atoms with Gasteiger partial charge in [-0.3, -0.25) is 9.36 Å². The van der Waals surface area contributed by atoms with Crippen LogP contribution in [0.15, 0.2) is 12.2 Å². The van der Waals surface area contributed by atoms with E-state index >= 15 is 0 Å². The lowest BCUT2D eigenvalue weighted by Crippen LogP contribution is -2.46. The van der Waals surface area contributed by atoms with E-state index in [1.54, 1.807) is 0 Å². The van der Waals surface area contributed by atoms with Gasteiger partial charge in [-0.1, -0.05) is 212 Å². The summed E-state index contributed by atoms with van der Waals surface area (Å²) in [5, 5.41) is 13.9. The molecule has 0 fully saturated rings. The van der Waals surface area contributed by atoms with Crippen molar-refractivity contribution in [2.45, 2.75) is 257 Å². The number of amides is 1. The number of nitrogens with one attached hydrogen (secondary N) is 1. The van der Waals surface area contributed by atoms with Crippen LogP contribution < -0.4 is 10.2 Å². The molecule has 0 aliphatic rings. The van der Waals surface area contributed by atoms with Crippen LogP contribution in [0.5, 0.6) is 0 Å². The van der Waals surface area contributed by atoms with Gasteiger partial charge < -0.3 is 28.8 Å². The predicted molar refractivity (Wildman–Crippen MR) is 247 cm³/mol. The first-order valence-corrected chi connectivity index (χ1v) is 26.5. The number of phosphoric acid groups is 1. The van der Waals surface area contributed by atoms with E-state index in [1.807, 2.05) is 21.1 Å². The average molecular weight is 843 g/mol. The maximum Gasteiger partial charge on any atom is 0.268 e. The summed E-state index contributed by atoms with van der Waals surface area (Å²) in [5.41, 5.74) is 0. The lowest BCUT2D eigenvalue weighted by molar-refractivity contribution is -0.870. The largest absolute Gasteiger partial charge is 0.756 e. The minimum atomic E-state index is -4.56. The van der Waals surface area contributed by atoms with Crippen LogP contribution in [-0.4, -0.2) is 68.5 Å². The molecule has 0 heterocycles. The fourth-order valence-corrected chi connectivity index (χ4v) is 8.23. The van der Waals surface area contributed by atoms with E-state index in [-0.39, 0.29) is 19.1 Å². The number of nitrogens with zero attached hydrogens (tertiary/aromatic N) is 1. The third-order valence-corrected chi connectivity index (χ3v) is 12.5. The summed E-state index contributed by atoms with van der Waals surface area (Å²) in [5.74, 6) is -0.166. The van der Waals surface area contributed by atoms with Gasteiger partial charge in [0.2, 0.25) is 5.91 Å². The smallest absolute Gasteiger partial charge is 0.268 e. The van der Waals surface area contributed by atoms with Crippen LogP contribution in [-0.2, 0) is 18.4 Å². The van der Waals surface area contributed by atoms with Crippen molar-refractivity contribution in [3.63, 3.8) is 0 Å². The van der Waals surface area contributed by atoms with Crippen LogP contribution in [0.1, 0.15) is 245 Å². The Kier molecular flexibility index (Phi) is 41.0. The molecule has 346 valence electrons. The minimum Gasteiger partial charge on any atom is -0.756 e. The number of aliphatic hydroxyl groups excluding tert-OH is 1. The van der Waals surface area contributed by atoms with Crippen LogP contribution in [0.3, 0.4) is 0 Å². The van der Waals surface area contributed by atoms with E-state index < -0.39 is 20.0 Å². The highest BCUT2D eigenvalue weighted by Crippen LogP contribution is 2.38. The molecule has 0 radical (unpaired) electrons. The van der Waals surface area contributed by atoms with Crippen molar-refractivity contribution in [2.75, 3.05) is 40.9 Å². The molecule has 1 amide bonds. The standard InChI is InChI=1S/C49H99N2O6P/c1-6-8-10-12-14-16-18-20-22-23-24-25-26-27-29-31-33-35-37-39-41-43-49(53)50-47(46-57-58(54,55)56-45-44-51(3,4)5)48(52)42-40-38-36-34-32-30-28-21-19-17-15-13-11-9-7-2/h25-26,47-48,52H,6-24,27-46H2,1-5H3,(H-,50,53,54,55)/b26-25-. The second-order valence-electron chi connectivity index (χ2n) is 18.5. The van der Waals surface area contributed by atoms with Crippen molar-refractivity contribution < 1.29 is 32.9 Å². The van der Waals surface area contributed by atoms with Gasteiger partial charge in [-0.15, -0.1) is 0 Å². The van der Waals surface area contributed by atoms with Gasteiger partial charge in [-0.25, -0.2) is 0 Å². The molecule has 8 nitrogen and oxygen atoms in total. The SMILES string of the molecule is CCCCCCCCCCCC/C=C\CCCCCCCCCC(=O)NC(COP(=O)([O-])OCC[N+](C)(C)C)C(O)CCCCCCCCCCCCCCCCC. The zero-order chi connectivity index (χ0) is 42.8. The summed E-state index contributed by atoms with van der Waals surface area (Å²) in [6.07, 6.45) is 47.9.